The molecule has 0 atom stereocenters. The third-order valence-corrected chi connectivity index (χ3v) is 10.3. The van der Waals surface area contributed by atoms with Crippen molar-refractivity contribution in [1.82, 2.24) is 4.58 Å². The van der Waals surface area contributed by atoms with Gasteiger partial charge in [0.05, 0.1) is 0 Å². The highest BCUT2D eigenvalue weighted by Gasteiger charge is 2.23. The fraction of sp³-hybridized carbons (Fsp3) is 0.348. The Morgan fingerprint density at radius 2 is 0.615 bits per heavy atom. The minimum absolute atomic E-state index is 0.987. The Bertz CT molecular complexity index is 1760. The van der Waals surface area contributed by atoms with Crippen LogP contribution in [0, 0.1) is 0 Å². The summed E-state index contributed by atoms with van der Waals surface area (Å²) in [7, 11) is 0. The number of hydrogen-bond donors (Lipinski definition) is 0. The lowest BCUT2D eigenvalue weighted by molar-refractivity contribution is -0.519. The normalized spacial score (nSPS) is 12.2. The van der Waals surface area contributed by atoms with Gasteiger partial charge in [-0.3, -0.25) is 0 Å². The van der Waals surface area contributed by atoms with Crippen molar-refractivity contribution in [3.8, 4) is 0 Å². The van der Waals surface area contributed by atoms with Crippen LogP contribution in [0.5, 0.6) is 0 Å². The summed E-state index contributed by atoms with van der Waals surface area (Å²) >= 11 is 0. The van der Waals surface area contributed by atoms with E-state index in [0.29, 0.717) is 0 Å². The van der Waals surface area contributed by atoms with E-state index in [1.807, 2.05) is 0 Å². The van der Waals surface area contributed by atoms with Crippen molar-refractivity contribution in [3.63, 3.8) is 0 Å². The van der Waals surface area contributed by atoms with Gasteiger partial charge in [0.25, 0.3) is 0 Å². The fourth-order valence-corrected chi connectivity index (χ4v) is 7.25. The lowest BCUT2D eigenvalue weighted by atomic mass is 10.1. The zero-order chi connectivity index (χ0) is 37.0. The van der Waals surface area contributed by atoms with Gasteiger partial charge in [-0.1, -0.05) is 0 Å². The molecular weight excluding hydrogens is 637 g/mol. The van der Waals surface area contributed by atoms with E-state index in [-0.39, 0.29) is 0 Å². The first-order chi connectivity index (χ1) is 25.4. The molecule has 1 aliphatic rings. The van der Waals surface area contributed by atoms with Gasteiger partial charge in [-0.15, -0.1) is 0 Å². The first-order valence-corrected chi connectivity index (χ1v) is 19.5. The van der Waals surface area contributed by atoms with Gasteiger partial charge >= 0.3 is 0 Å². The molecular formula is C46H60N6+2. The summed E-state index contributed by atoms with van der Waals surface area (Å²) in [6.45, 7) is 25.6. The van der Waals surface area contributed by atoms with Crippen LogP contribution in [0.15, 0.2) is 121 Å². The number of allylic oxidation sites excluding steroid dienone is 4. The van der Waals surface area contributed by atoms with Crippen LogP contribution in [0.4, 0.5) is 45.5 Å². The maximum atomic E-state index is 2.39. The molecule has 6 heteroatoms. The third-order valence-electron chi connectivity index (χ3n) is 10.3. The Labute approximate surface area is 313 Å². The summed E-state index contributed by atoms with van der Waals surface area (Å²) in [6, 6.07) is 36.0. The van der Waals surface area contributed by atoms with Crippen LogP contribution in [0.25, 0.3) is 0 Å². The van der Waals surface area contributed by atoms with E-state index in [9.17, 15) is 0 Å². The maximum Gasteiger partial charge on any atom is 0.212 e. The summed E-state index contributed by atoms with van der Waals surface area (Å²) in [4.78, 5) is 9.53. The predicted molar refractivity (Wildman–Crippen MR) is 229 cm³/mol. The molecule has 4 aromatic rings. The Balaban J connectivity index is 1.60. The van der Waals surface area contributed by atoms with Crippen molar-refractivity contribution in [2.75, 3.05) is 72.0 Å². The molecule has 52 heavy (non-hydrogen) atoms. The van der Waals surface area contributed by atoms with Crippen molar-refractivity contribution >= 4 is 56.9 Å². The first kappa shape index (κ1) is 38.1. The zero-order valence-corrected chi connectivity index (χ0v) is 32.9. The average Bonchev–Trinajstić information content (AvgIpc) is 3.20. The first-order valence-electron chi connectivity index (χ1n) is 19.5. The molecule has 5 rings (SSSR count). The number of nitrogens with zero attached hydrogens (tertiary/aromatic N) is 6. The van der Waals surface area contributed by atoms with Gasteiger partial charge in [0.1, 0.15) is 13.1 Å². The molecule has 0 radical (unpaired) electrons. The van der Waals surface area contributed by atoms with Gasteiger partial charge in [0, 0.05) is 122 Å². The summed E-state index contributed by atoms with van der Waals surface area (Å²) < 4.78 is 4.75. The van der Waals surface area contributed by atoms with Crippen molar-refractivity contribution in [2.24, 2.45) is 0 Å². The molecule has 4 aromatic carbocycles. The second kappa shape index (κ2) is 18.4. The molecule has 0 heterocycles. The van der Waals surface area contributed by atoms with Crippen molar-refractivity contribution in [1.29, 1.82) is 0 Å². The molecule has 0 fully saturated rings. The largest absolute Gasteiger partial charge is 0.372 e. The summed E-state index contributed by atoms with van der Waals surface area (Å²) in [6.07, 6.45) is 9.00. The summed E-state index contributed by atoms with van der Waals surface area (Å²) in [5.41, 5.74) is 11.8. The highest BCUT2D eigenvalue weighted by atomic mass is 15.2. The maximum absolute atomic E-state index is 2.39. The monoisotopic (exact) mass is 696 g/mol. The summed E-state index contributed by atoms with van der Waals surface area (Å²) in [5.74, 6) is 0. The fourth-order valence-electron chi connectivity index (χ4n) is 7.25. The Hall–Kier alpha value is -5.10. The molecule has 0 bridgehead atoms. The van der Waals surface area contributed by atoms with Crippen LogP contribution in [0.1, 0.15) is 55.4 Å². The smallest absolute Gasteiger partial charge is 0.212 e. The van der Waals surface area contributed by atoms with Crippen LogP contribution >= 0.6 is 0 Å². The number of hydrogen-bond acceptors (Lipinski definition) is 4. The quantitative estimate of drug-likeness (QED) is 0.0857. The van der Waals surface area contributed by atoms with Crippen molar-refractivity contribution < 1.29 is 4.58 Å². The van der Waals surface area contributed by atoms with E-state index in [1.54, 1.807) is 0 Å². The molecule has 0 saturated heterocycles. The van der Waals surface area contributed by atoms with Gasteiger partial charge in [0.15, 0.2) is 5.71 Å². The molecule has 0 aromatic heterocycles. The molecule has 0 spiro atoms. The lowest BCUT2D eigenvalue weighted by Gasteiger charge is -2.28. The Kier molecular flexibility index (Phi) is 13.5. The van der Waals surface area contributed by atoms with Gasteiger partial charge in [0.2, 0.25) is 17.1 Å². The van der Waals surface area contributed by atoms with E-state index in [0.717, 1.165) is 86.5 Å². The van der Waals surface area contributed by atoms with Gasteiger partial charge < -0.3 is 19.6 Å². The highest BCUT2D eigenvalue weighted by Crippen LogP contribution is 2.37. The number of rotatable bonds is 16. The Morgan fingerprint density at radius 1 is 0.346 bits per heavy atom. The molecule has 0 N–H and O–H groups in total. The van der Waals surface area contributed by atoms with E-state index in [4.69, 9.17) is 0 Å². The predicted octanol–water partition coefficient (Wildman–Crippen LogP) is 10.6. The van der Waals surface area contributed by atoms with Crippen LogP contribution in [-0.2, 0) is 0 Å². The molecule has 0 amide bonds. The minimum Gasteiger partial charge on any atom is -0.372 e. The van der Waals surface area contributed by atoms with Gasteiger partial charge in [-0.2, -0.15) is 4.58 Å². The molecule has 0 saturated carbocycles. The third kappa shape index (κ3) is 8.50. The lowest BCUT2D eigenvalue weighted by Crippen LogP contribution is -2.23. The van der Waals surface area contributed by atoms with Gasteiger partial charge in [-0.05, 0) is 128 Å². The Morgan fingerprint density at radius 3 is 0.923 bits per heavy atom. The van der Waals surface area contributed by atoms with Gasteiger partial charge in [-0.25, -0.2) is 4.58 Å². The molecule has 6 nitrogen and oxygen atoms in total. The molecule has 1 aliphatic carbocycles. The van der Waals surface area contributed by atoms with E-state index in [2.05, 4.69) is 206 Å². The number of benzene rings is 4. The van der Waals surface area contributed by atoms with Crippen LogP contribution in [-0.4, -0.2) is 68.4 Å². The second-order valence-corrected chi connectivity index (χ2v) is 12.9. The van der Waals surface area contributed by atoms with E-state index >= 15 is 0 Å². The molecule has 272 valence electrons. The second-order valence-electron chi connectivity index (χ2n) is 12.9. The van der Waals surface area contributed by atoms with E-state index in [1.165, 1.54) is 22.8 Å². The molecule has 0 aliphatic heterocycles. The standard InChI is InChI=1S/C46H60N6/c1-9-47(10-2)37-17-25-41(26-18-37)51(42-27-19-38(20-28-42)48(11-3)12-4)45-33-35-46(36-34-45)52(43-29-21-39(22-30-43)49(13-5)14-6)44-31-23-40(24-32-44)50(15-7)16-8/h17-36H,9-16H2,1-8H3/q+2. The minimum atomic E-state index is 0.987. The topological polar surface area (TPSA) is 19.0 Å². The van der Waals surface area contributed by atoms with Crippen molar-refractivity contribution in [2.45, 2.75) is 55.4 Å². The van der Waals surface area contributed by atoms with Crippen LogP contribution < -0.4 is 24.2 Å². The zero-order valence-electron chi connectivity index (χ0n) is 32.9. The van der Waals surface area contributed by atoms with Crippen LogP contribution in [0.2, 0.25) is 0 Å². The summed E-state index contributed by atoms with van der Waals surface area (Å²) in [5, 5.41) is 0. The van der Waals surface area contributed by atoms with Crippen LogP contribution in [0.3, 0.4) is 0 Å². The highest BCUT2D eigenvalue weighted by molar-refractivity contribution is 6.18. The van der Waals surface area contributed by atoms with E-state index < -0.39 is 0 Å². The average molecular weight is 697 g/mol. The number of anilines is 6. The molecule has 0 unspecified atom stereocenters. The van der Waals surface area contributed by atoms with Crippen molar-refractivity contribution in [3.05, 3.63) is 121 Å². The SMILES string of the molecule is CCN(CC)c1ccc(N(c2ccc(N(CC)CC)cc2)c2ccc([N+](=C3C=CC(=[N+](CC)CC)C=C3)c3ccc(N(CC)CC)cc3)cc2)cc1.